The van der Waals surface area contributed by atoms with Crippen LogP contribution in [0, 0.1) is 19.7 Å². The van der Waals surface area contributed by atoms with Gasteiger partial charge in [0.2, 0.25) is 11.9 Å². The number of H-pyrrole nitrogens is 1. The number of aromatic nitrogens is 4. The Morgan fingerprint density at radius 3 is 2.65 bits per heavy atom. The summed E-state index contributed by atoms with van der Waals surface area (Å²) in [5.41, 5.74) is 8.55. The van der Waals surface area contributed by atoms with Crippen LogP contribution in [0.1, 0.15) is 42.5 Å². The molecule has 180 valence electrons. The molecule has 0 unspecified atom stereocenters. The molecule has 5 N–H and O–H groups in total. The first-order valence-electron chi connectivity index (χ1n) is 11.1. The maximum atomic E-state index is 15.1. The number of hydrogen-bond acceptors (Lipinski definition) is 7. The van der Waals surface area contributed by atoms with Crippen molar-refractivity contribution in [3.05, 3.63) is 52.1 Å². The molecule has 1 fully saturated rings. The fourth-order valence-corrected chi connectivity index (χ4v) is 4.39. The molecule has 0 spiro atoms. The largest absolute Gasteiger partial charge is 0.368 e. The lowest BCUT2D eigenvalue weighted by molar-refractivity contribution is -0.123. The third-order valence-electron chi connectivity index (χ3n) is 6.23. The number of hydrogen-bond donors (Lipinski definition) is 4. The van der Waals surface area contributed by atoms with Gasteiger partial charge in [-0.15, -0.1) is 0 Å². The van der Waals surface area contributed by atoms with Crippen LogP contribution < -0.4 is 16.4 Å². The van der Waals surface area contributed by atoms with Crippen LogP contribution in [-0.4, -0.2) is 50.1 Å². The second-order valence-corrected chi connectivity index (χ2v) is 9.06. The number of rotatable bonds is 7. The van der Waals surface area contributed by atoms with E-state index in [2.05, 4.69) is 35.7 Å². The lowest BCUT2D eigenvalue weighted by Gasteiger charge is -2.35. The highest BCUT2D eigenvalue weighted by atomic mass is 35.5. The topological polar surface area (TPSA) is 125 Å². The molecule has 1 aromatic carbocycles. The van der Waals surface area contributed by atoms with Crippen molar-refractivity contribution < 1.29 is 9.18 Å². The van der Waals surface area contributed by atoms with Crippen molar-refractivity contribution in [2.24, 2.45) is 5.73 Å². The molecule has 1 amide bonds. The van der Waals surface area contributed by atoms with Gasteiger partial charge in [0.15, 0.2) is 11.6 Å². The number of nitrogens with zero attached hydrogens (tertiary/aromatic N) is 4. The first-order valence-corrected chi connectivity index (χ1v) is 11.5. The van der Waals surface area contributed by atoms with Gasteiger partial charge in [0.1, 0.15) is 10.8 Å². The van der Waals surface area contributed by atoms with Crippen molar-refractivity contribution in [3.8, 4) is 0 Å². The van der Waals surface area contributed by atoms with Gasteiger partial charge in [-0.05, 0) is 75.9 Å². The second kappa shape index (κ2) is 9.94. The molecule has 3 aromatic rings. The first-order chi connectivity index (χ1) is 16.2. The van der Waals surface area contributed by atoms with E-state index in [1.54, 1.807) is 12.1 Å². The quantitative estimate of drug-likeness (QED) is 0.395. The van der Waals surface area contributed by atoms with Crippen LogP contribution in [0.5, 0.6) is 0 Å². The van der Waals surface area contributed by atoms with Crippen molar-refractivity contribution in [1.82, 2.24) is 25.1 Å². The van der Waals surface area contributed by atoms with Gasteiger partial charge in [0.25, 0.3) is 0 Å². The van der Waals surface area contributed by atoms with Gasteiger partial charge < -0.3 is 16.4 Å². The van der Waals surface area contributed by atoms with Crippen LogP contribution in [0.25, 0.3) is 0 Å². The van der Waals surface area contributed by atoms with Crippen LogP contribution in [0.4, 0.5) is 27.7 Å². The SMILES string of the molecule is Cc1cc(Nc2nc(Nc3cc(C)c(C4CCN([C@@H](C)C(N)=O)CC4)cc3F)ncc2Cl)n[nH]1. The molecule has 9 nitrogen and oxygen atoms in total. The van der Waals surface area contributed by atoms with Crippen molar-refractivity contribution in [1.29, 1.82) is 0 Å². The number of nitrogens with two attached hydrogens (primary N) is 1. The molecule has 0 radical (unpaired) electrons. The molecular weight excluding hydrogens is 459 g/mol. The van der Waals surface area contributed by atoms with E-state index < -0.39 is 0 Å². The smallest absolute Gasteiger partial charge is 0.234 e. The molecule has 34 heavy (non-hydrogen) atoms. The number of piperidine rings is 1. The minimum Gasteiger partial charge on any atom is -0.368 e. The third kappa shape index (κ3) is 5.28. The Bertz CT molecular complexity index is 1190. The van der Waals surface area contributed by atoms with E-state index in [4.69, 9.17) is 17.3 Å². The number of nitrogens with one attached hydrogen (secondary N) is 3. The van der Waals surface area contributed by atoms with Crippen LogP contribution in [0.2, 0.25) is 5.02 Å². The summed E-state index contributed by atoms with van der Waals surface area (Å²) in [6.07, 6.45) is 3.12. The summed E-state index contributed by atoms with van der Waals surface area (Å²) < 4.78 is 15.1. The average Bonchev–Trinajstić information content (AvgIpc) is 3.22. The molecule has 1 saturated heterocycles. The van der Waals surface area contributed by atoms with Crippen molar-refractivity contribution >= 4 is 40.8 Å². The van der Waals surface area contributed by atoms with Crippen LogP contribution in [0.15, 0.2) is 24.4 Å². The Morgan fingerprint density at radius 2 is 2.00 bits per heavy atom. The summed E-state index contributed by atoms with van der Waals surface area (Å²) in [6.45, 7) is 7.17. The summed E-state index contributed by atoms with van der Waals surface area (Å²) in [6, 6.07) is 4.87. The zero-order valence-electron chi connectivity index (χ0n) is 19.3. The standard InChI is InChI=1S/C23H28ClFN8O/c1-12-8-19(18(25)10-16(12)15-4-6-33(7-5-15)14(3)21(26)34)28-23-27-11-17(24)22(30-23)29-20-9-13(2)31-32-20/h8-11,14-15H,4-7H2,1-3H3,(H2,26,34)(H3,27,28,29,30,31,32)/t14-/m0/s1. The highest BCUT2D eigenvalue weighted by Crippen LogP contribution is 2.34. The van der Waals surface area contributed by atoms with Gasteiger partial charge >= 0.3 is 0 Å². The summed E-state index contributed by atoms with van der Waals surface area (Å²) >= 11 is 6.21. The molecular formula is C23H28ClFN8O. The molecule has 4 rings (SSSR count). The van der Waals surface area contributed by atoms with Crippen LogP contribution >= 0.6 is 11.6 Å². The maximum absolute atomic E-state index is 15.1. The number of amides is 1. The first kappa shape index (κ1) is 23.9. The molecule has 0 bridgehead atoms. The van der Waals surface area contributed by atoms with Gasteiger partial charge in [0.05, 0.1) is 17.9 Å². The minimum absolute atomic E-state index is 0.207. The second-order valence-electron chi connectivity index (χ2n) is 8.65. The number of aryl methyl sites for hydroxylation is 2. The number of anilines is 4. The Kier molecular flexibility index (Phi) is 6.99. The van der Waals surface area contributed by atoms with Gasteiger partial charge in [-0.1, -0.05) is 11.6 Å². The number of carbonyl (C=O) groups is 1. The Hall–Kier alpha value is -3.24. The van der Waals surface area contributed by atoms with Crippen molar-refractivity contribution in [3.63, 3.8) is 0 Å². The van der Waals surface area contributed by atoms with Crippen LogP contribution in [-0.2, 0) is 4.79 Å². The molecule has 2 aromatic heterocycles. The molecule has 3 heterocycles. The van der Waals surface area contributed by atoms with Gasteiger partial charge in [-0.25, -0.2) is 9.37 Å². The van der Waals surface area contributed by atoms with Gasteiger partial charge in [0, 0.05) is 11.8 Å². The third-order valence-corrected chi connectivity index (χ3v) is 6.50. The summed E-state index contributed by atoms with van der Waals surface area (Å²) in [4.78, 5) is 22.1. The monoisotopic (exact) mass is 486 g/mol. The predicted octanol–water partition coefficient (Wildman–Crippen LogP) is 4.15. The molecule has 1 atom stereocenters. The van der Waals surface area contributed by atoms with Gasteiger partial charge in [-0.2, -0.15) is 10.1 Å². The van der Waals surface area contributed by atoms with E-state index in [9.17, 15) is 4.79 Å². The highest BCUT2D eigenvalue weighted by molar-refractivity contribution is 6.32. The van der Waals surface area contributed by atoms with E-state index in [0.717, 1.165) is 42.8 Å². The normalized spacial score (nSPS) is 15.8. The van der Waals surface area contributed by atoms with E-state index in [-0.39, 0.29) is 35.3 Å². The molecule has 11 heteroatoms. The van der Waals surface area contributed by atoms with Crippen molar-refractivity contribution in [2.45, 2.75) is 45.6 Å². The summed E-state index contributed by atoms with van der Waals surface area (Å²) in [5, 5.41) is 13.2. The molecule has 0 saturated carbocycles. The lowest BCUT2D eigenvalue weighted by Crippen LogP contribution is -2.46. The number of primary amides is 1. The predicted molar refractivity (Wildman–Crippen MR) is 130 cm³/mol. The Labute approximate surface area is 202 Å². The molecule has 1 aliphatic rings. The fraction of sp³-hybridized carbons (Fsp3) is 0.391. The van der Waals surface area contributed by atoms with E-state index in [0.29, 0.717) is 16.7 Å². The number of benzene rings is 1. The summed E-state index contributed by atoms with van der Waals surface area (Å²) in [7, 11) is 0. The van der Waals surface area contributed by atoms with Crippen molar-refractivity contribution in [2.75, 3.05) is 23.7 Å². The number of aromatic amines is 1. The molecule has 1 aliphatic heterocycles. The van der Waals surface area contributed by atoms with E-state index >= 15 is 4.39 Å². The zero-order valence-corrected chi connectivity index (χ0v) is 20.1. The minimum atomic E-state index is -0.385. The summed E-state index contributed by atoms with van der Waals surface area (Å²) in [5.74, 6) is 0.643. The number of likely N-dealkylation sites (tertiary alicyclic amines) is 1. The van der Waals surface area contributed by atoms with Crippen LogP contribution in [0.3, 0.4) is 0 Å². The van der Waals surface area contributed by atoms with E-state index in [1.807, 2.05) is 26.8 Å². The zero-order chi connectivity index (χ0) is 24.4. The molecule has 0 aliphatic carbocycles. The van der Waals surface area contributed by atoms with Gasteiger partial charge in [-0.3, -0.25) is 14.8 Å². The average molecular weight is 487 g/mol. The Morgan fingerprint density at radius 1 is 1.26 bits per heavy atom. The van der Waals surface area contributed by atoms with E-state index in [1.165, 1.54) is 6.20 Å². The number of halogens is 2. The Balaban J connectivity index is 1.47. The maximum Gasteiger partial charge on any atom is 0.234 e. The highest BCUT2D eigenvalue weighted by Gasteiger charge is 2.27. The number of carbonyl (C=O) groups excluding carboxylic acids is 1. The lowest BCUT2D eigenvalue weighted by atomic mass is 9.86. The fourth-order valence-electron chi connectivity index (χ4n) is 4.25.